The molecule has 1 aliphatic rings. The lowest BCUT2D eigenvalue weighted by Crippen LogP contribution is -2.53. The molecule has 1 aromatic heterocycles. The Bertz CT molecular complexity index is 1380. The lowest BCUT2D eigenvalue weighted by Gasteiger charge is -2.25. The zero-order valence-corrected chi connectivity index (χ0v) is 21.1. The van der Waals surface area contributed by atoms with Gasteiger partial charge in [0.05, 0.1) is 11.7 Å². The van der Waals surface area contributed by atoms with Crippen molar-refractivity contribution in [2.24, 2.45) is 12.8 Å². The first kappa shape index (κ1) is 27.3. The number of benzene rings is 2. The van der Waals surface area contributed by atoms with Crippen molar-refractivity contribution in [2.75, 3.05) is 11.9 Å². The number of nitrogens with one attached hydrogen (secondary N) is 3. The number of nitrogens with two attached hydrogens (primary N) is 1. The number of likely N-dealkylation sites (tertiary alicyclic amines) is 1. The quantitative estimate of drug-likeness (QED) is 0.348. The molecule has 3 atom stereocenters. The number of nitrogens with zero attached hydrogens (tertiary/aromatic N) is 2. The molecule has 2 aromatic carbocycles. The number of aryl methyl sites for hydroxylation is 1. The highest BCUT2D eigenvalue weighted by atomic mass is 19.1. The molecule has 12 heteroatoms. The van der Waals surface area contributed by atoms with Crippen molar-refractivity contribution in [2.45, 2.75) is 31.0 Å². The normalized spacial score (nSPS) is 17.4. The van der Waals surface area contributed by atoms with Gasteiger partial charge in [0.1, 0.15) is 29.4 Å². The number of carbonyl (C=O) groups excluding carboxylic acids is 4. The molecule has 39 heavy (non-hydrogen) atoms. The van der Waals surface area contributed by atoms with Crippen molar-refractivity contribution in [3.63, 3.8) is 0 Å². The van der Waals surface area contributed by atoms with Crippen LogP contribution in [-0.2, 0) is 23.1 Å². The molecule has 0 aliphatic carbocycles. The van der Waals surface area contributed by atoms with Gasteiger partial charge in [-0.05, 0) is 36.2 Å². The fourth-order valence-corrected chi connectivity index (χ4v) is 4.52. The largest absolute Gasteiger partial charge is 0.368 e. The number of amides is 5. The molecule has 204 valence electrons. The average molecular weight is 539 g/mol. The maximum atomic E-state index is 14.0. The van der Waals surface area contributed by atoms with Crippen LogP contribution >= 0.6 is 0 Å². The maximum absolute atomic E-state index is 14.0. The highest BCUT2D eigenvalue weighted by molar-refractivity contribution is 5.98. The first-order valence-corrected chi connectivity index (χ1v) is 12.2. The number of rotatable bonds is 8. The highest BCUT2D eigenvalue weighted by Crippen LogP contribution is 2.22. The molecule has 3 unspecified atom stereocenters. The molecule has 1 fully saturated rings. The molecule has 0 bridgehead atoms. The van der Waals surface area contributed by atoms with Crippen molar-refractivity contribution in [1.29, 1.82) is 0 Å². The Kier molecular flexibility index (Phi) is 8.23. The summed E-state index contributed by atoms with van der Waals surface area (Å²) in [6.45, 7) is -0.0264. The lowest BCUT2D eigenvalue weighted by molar-refractivity contribution is -0.129. The Balaban J connectivity index is 1.50. The van der Waals surface area contributed by atoms with Gasteiger partial charge in [0.15, 0.2) is 0 Å². The zero-order chi connectivity index (χ0) is 28.1. The first-order valence-electron chi connectivity index (χ1n) is 12.2. The number of aromatic nitrogens is 1. The Hall–Kier alpha value is -4.74. The summed E-state index contributed by atoms with van der Waals surface area (Å²) >= 11 is 0. The second kappa shape index (κ2) is 11.8. The summed E-state index contributed by atoms with van der Waals surface area (Å²) in [6, 6.07) is 11.5. The van der Waals surface area contributed by atoms with Crippen LogP contribution in [0.1, 0.15) is 22.5 Å². The summed E-state index contributed by atoms with van der Waals surface area (Å²) in [5.74, 6) is -3.53. The predicted octanol–water partition coefficient (Wildman–Crippen LogP) is 1.92. The number of carbonyl (C=O) groups is 4. The van der Waals surface area contributed by atoms with Crippen molar-refractivity contribution < 1.29 is 28.0 Å². The van der Waals surface area contributed by atoms with Gasteiger partial charge < -0.3 is 31.2 Å². The van der Waals surface area contributed by atoms with Gasteiger partial charge >= 0.3 is 6.03 Å². The van der Waals surface area contributed by atoms with Gasteiger partial charge in [-0.25, -0.2) is 13.6 Å². The van der Waals surface area contributed by atoms with E-state index < -0.39 is 53.5 Å². The molecule has 1 saturated heterocycles. The molecule has 5 N–H and O–H groups in total. The van der Waals surface area contributed by atoms with Gasteiger partial charge in [0, 0.05) is 32.3 Å². The van der Waals surface area contributed by atoms with Gasteiger partial charge in [-0.15, -0.1) is 0 Å². The van der Waals surface area contributed by atoms with Gasteiger partial charge in [-0.3, -0.25) is 14.4 Å². The van der Waals surface area contributed by atoms with E-state index in [1.54, 1.807) is 54.2 Å². The van der Waals surface area contributed by atoms with E-state index in [1.165, 1.54) is 4.90 Å². The van der Waals surface area contributed by atoms with Crippen LogP contribution in [0.2, 0.25) is 0 Å². The fraction of sp³-hybridized carbons (Fsp3) is 0.259. The van der Waals surface area contributed by atoms with Gasteiger partial charge in [-0.1, -0.05) is 30.3 Å². The van der Waals surface area contributed by atoms with E-state index >= 15 is 0 Å². The van der Waals surface area contributed by atoms with Crippen LogP contribution < -0.4 is 21.7 Å². The molecule has 10 nitrogen and oxygen atoms in total. The Morgan fingerprint density at radius 2 is 1.79 bits per heavy atom. The number of hydrogen-bond donors (Lipinski definition) is 4. The molecule has 0 radical (unpaired) electrons. The molecule has 1 aliphatic heterocycles. The van der Waals surface area contributed by atoms with E-state index in [0.29, 0.717) is 11.8 Å². The standard InChI is InChI=1S/C27H28F2N6O4/c1-34-11-5-8-22(34)26(38)35-15-18(31-27(39)33-20-10-9-17(28)13-19(20)29)14-23(35)25(37)32-21(24(30)36)12-16-6-3-2-4-7-16/h2-11,13,18,21,23H,12,14-15H2,1H3,(H2,30,36)(H,32,37)(H2,31,33,39). The van der Waals surface area contributed by atoms with Gasteiger partial charge in [-0.2, -0.15) is 0 Å². The number of halogens is 2. The third kappa shape index (κ3) is 6.58. The van der Waals surface area contributed by atoms with E-state index in [9.17, 15) is 28.0 Å². The first-order chi connectivity index (χ1) is 18.6. The average Bonchev–Trinajstić information content (AvgIpc) is 3.51. The topological polar surface area (TPSA) is 139 Å². The molecule has 5 amide bonds. The number of hydrogen-bond acceptors (Lipinski definition) is 4. The van der Waals surface area contributed by atoms with Crippen LogP contribution in [0.15, 0.2) is 66.9 Å². The third-order valence-electron chi connectivity index (χ3n) is 6.48. The van der Waals surface area contributed by atoms with Crippen LogP contribution in [-0.4, -0.2) is 57.9 Å². The molecule has 3 aromatic rings. The summed E-state index contributed by atoms with van der Waals surface area (Å²) in [6.07, 6.45) is 1.87. The molecular weight excluding hydrogens is 510 g/mol. The minimum absolute atomic E-state index is 0.0259. The highest BCUT2D eigenvalue weighted by Gasteiger charge is 2.42. The van der Waals surface area contributed by atoms with Crippen LogP contribution in [0.4, 0.5) is 19.3 Å². The number of anilines is 1. The molecule has 0 saturated carbocycles. The van der Waals surface area contributed by atoms with Crippen LogP contribution in [0.3, 0.4) is 0 Å². The van der Waals surface area contributed by atoms with E-state index in [1.807, 2.05) is 6.07 Å². The monoisotopic (exact) mass is 538 g/mol. The Morgan fingerprint density at radius 3 is 2.44 bits per heavy atom. The van der Waals surface area contributed by atoms with E-state index in [2.05, 4.69) is 16.0 Å². The Morgan fingerprint density at radius 1 is 1.05 bits per heavy atom. The predicted molar refractivity (Wildman–Crippen MR) is 138 cm³/mol. The second-order valence-corrected chi connectivity index (χ2v) is 9.29. The van der Waals surface area contributed by atoms with E-state index in [-0.39, 0.29) is 25.1 Å². The second-order valence-electron chi connectivity index (χ2n) is 9.29. The third-order valence-corrected chi connectivity index (χ3v) is 6.48. The van der Waals surface area contributed by atoms with Gasteiger partial charge in [0.2, 0.25) is 11.8 Å². The summed E-state index contributed by atoms with van der Waals surface area (Å²) in [4.78, 5) is 52.8. The van der Waals surface area contributed by atoms with Crippen molar-refractivity contribution >= 4 is 29.4 Å². The fourth-order valence-electron chi connectivity index (χ4n) is 4.52. The van der Waals surface area contributed by atoms with Crippen LogP contribution in [0, 0.1) is 11.6 Å². The summed E-state index contributed by atoms with van der Waals surface area (Å²) < 4.78 is 28.8. The molecule has 2 heterocycles. The minimum Gasteiger partial charge on any atom is -0.368 e. The molecular formula is C27H28F2N6O4. The summed E-state index contributed by atoms with van der Waals surface area (Å²) in [5.41, 5.74) is 6.43. The Labute approximate surface area is 223 Å². The molecule has 4 rings (SSSR count). The van der Waals surface area contributed by atoms with Crippen LogP contribution in [0.5, 0.6) is 0 Å². The molecule has 0 spiro atoms. The summed E-state index contributed by atoms with van der Waals surface area (Å²) in [5, 5.41) is 7.58. The lowest BCUT2D eigenvalue weighted by atomic mass is 10.0. The van der Waals surface area contributed by atoms with Crippen molar-refractivity contribution in [3.8, 4) is 0 Å². The SMILES string of the molecule is Cn1cccc1C(=O)N1CC(NC(=O)Nc2ccc(F)cc2F)CC1C(=O)NC(Cc1ccccc1)C(N)=O. The van der Waals surface area contributed by atoms with Crippen molar-refractivity contribution in [3.05, 3.63) is 89.8 Å². The van der Waals surface area contributed by atoms with Crippen LogP contribution in [0.25, 0.3) is 0 Å². The van der Waals surface area contributed by atoms with Crippen molar-refractivity contribution in [1.82, 2.24) is 20.1 Å². The van der Waals surface area contributed by atoms with E-state index in [0.717, 1.165) is 17.7 Å². The van der Waals surface area contributed by atoms with Gasteiger partial charge in [0.25, 0.3) is 5.91 Å². The minimum atomic E-state index is -1.03. The number of primary amides is 1. The maximum Gasteiger partial charge on any atom is 0.319 e. The zero-order valence-electron chi connectivity index (χ0n) is 21.1. The number of urea groups is 1. The summed E-state index contributed by atoms with van der Waals surface area (Å²) in [7, 11) is 1.68. The smallest absolute Gasteiger partial charge is 0.319 e. The van der Waals surface area contributed by atoms with E-state index in [4.69, 9.17) is 5.73 Å².